The van der Waals surface area contributed by atoms with E-state index in [1.165, 1.54) is 0 Å². The lowest BCUT2D eigenvalue weighted by Crippen LogP contribution is -2.33. The van der Waals surface area contributed by atoms with E-state index in [0.717, 1.165) is 18.2 Å². The molecule has 0 saturated heterocycles. The largest absolute Gasteiger partial charge is 0.478 e. The number of anilines is 1. The van der Waals surface area contributed by atoms with Gasteiger partial charge in [0.05, 0.1) is 11.3 Å². The molecule has 0 aliphatic heterocycles. The third-order valence-electron chi connectivity index (χ3n) is 2.14. The number of carboxylic acids is 1. The fraction of sp³-hybridized carbons (Fsp3) is 0.364. The van der Waals surface area contributed by atoms with Crippen molar-refractivity contribution in [2.45, 2.75) is 13.8 Å². The van der Waals surface area contributed by atoms with Crippen LogP contribution in [0.4, 0.5) is 10.1 Å². The standard InChI is InChI=1S/C11H15FN2O4S/c1-7(2)6-13-19(17,18)14-10-4-3-8(11(15)16)5-9(10)12/h3-5,7,13-14H,6H2,1-2H3,(H,15,16). The van der Waals surface area contributed by atoms with Crippen LogP contribution in [0.5, 0.6) is 0 Å². The molecule has 3 N–H and O–H groups in total. The number of halogens is 1. The molecule has 0 saturated carbocycles. The first-order valence-corrected chi connectivity index (χ1v) is 7.00. The van der Waals surface area contributed by atoms with Crippen molar-refractivity contribution < 1.29 is 22.7 Å². The average molecular weight is 290 g/mol. The maximum absolute atomic E-state index is 13.5. The van der Waals surface area contributed by atoms with Gasteiger partial charge in [0.15, 0.2) is 0 Å². The zero-order chi connectivity index (χ0) is 14.6. The van der Waals surface area contributed by atoms with Crippen molar-refractivity contribution in [3.8, 4) is 0 Å². The van der Waals surface area contributed by atoms with Crippen molar-refractivity contribution in [2.24, 2.45) is 5.92 Å². The maximum Gasteiger partial charge on any atom is 0.335 e. The summed E-state index contributed by atoms with van der Waals surface area (Å²) in [4.78, 5) is 10.6. The number of aromatic carboxylic acids is 1. The molecule has 19 heavy (non-hydrogen) atoms. The summed E-state index contributed by atoms with van der Waals surface area (Å²) in [5, 5.41) is 8.66. The molecule has 0 radical (unpaired) electrons. The summed E-state index contributed by atoms with van der Waals surface area (Å²) in [6, 6.07) is 2.93. The summed E-state index contributed by atoms with van der Waals surface area (Å²) in [6.07, 6.45) is 0. The number of carboxylic acid groups (broad SMARTS) is 1. The summed E-state index contributed by atoms with van der Waals surface area (Å²) in [5.41, 5.74) is -0.558. The summed E-state index contributed by atoms with van der Waals surface area (Å²) < 4.78 is 40.9. The van der Waals surface area contributed by atoms with Crippen molar-refractivity contribution >= 4 is 21.9 Å². The van der Waals surface area contributed by atoms with E-state index in [4.69, 9.17) is 5.11 Å². The fourth-order valence-electron chi connectivity index (χ4n) is 1.19. The Balaban J connectivity index is 2.85. The van der Waals surface area contributed by atoms with Crippen LogP contribution in [0.15, 0.2) is 18.2 Å². The van der Waals surface area contributed by atoms with Gasteiger partial charge in [-0.1, -0.05) is 13.8 Å². The van der Waals surface area contributed by atoms with Crippen LogP contribution in [0.3, 0.4) is 0 Å². The quantitative estimate of drug-likeness (QED) is 0.738. The number of benzene rings is 1. The van der Waals surface area contributed by atoms with Gasteiger partial charge in [-0.05, 0) is 24.1 Å². The van der Waals surface area contributed by atoms with Gasteiger partial charge in [-0.3, -0.25) is 4.72 Å². The van der Waals surface area contributed by atoms with E-state index in [2.05, 4.69) is 4.72 Å². The van der Waals surface area contributed by atoms with Crippen LogP contribution < -0.4 is 9.44 Å². The second kappa shape index (κ2) is 5.98. The highest BCUT2D eigenvalue weighted by Gasteiger charge is 2.14. The second-order valence-electron chi connectivity index (χ2n) is 4.35. The molecule has 0 amide bonds. The Morgan fingerprint density at radius 1 is 1.42 bits per heavy atom. The van der Waals surface area contributed by atoms with Gasteiger partial charge in [-0.2, -0.15) is 13.1 Å². The summed E-state index contributed by atoms with van der Waals surface area (Å²) >= 11 is 0. The number of hydrogen-bond acceptors (Lipinski definition) is 3. The lowest BCUT2D eigenvalue weighted by atomic mass is 10.2. The highest BCUT2D eigenvalue weighted by atomic mass is 32.2. The minimum Gasteiger partial charge on any atom is -0.478 e. The average Bonchev–Trinajstić information content (AvgIpc) is 2.29. The van der Waals surface area contributed by atoms with Gasteiger partial charge in [-0.25, -0.2) is 9.18 Å². The molecule has 0 aliphatic carbocycles. The second-order valence-corrected chi connectivity index (χ2v) is 5.85. The number of hydrogen-bond donors (Lipinski definition) is 3. The summed E-state index contributed by atoms with van der Waals surface area (Å²) in [7, 11) is -3.87. The Hall–Kier alpha value is -1.67. The van der Waals surface area contributed by atoms with Crippen molar-refractivity contribution in [1.29, 1.82) is 0 Å². The van der Waals surface area contributed by atoms with Crippen molar-refractivity contribution in [2.75, 3.05) is 11.3 Å². The molecule has 1 aromatic carbocycles. The van der Waals surface area contributed by atoms with E-state index in [-0.39, 0.29) is 23.7 Å². The van der Waals surface area contributed by atoms with Crippen LogP contribution in [-0.4, -0.2) is 26.0 Å². The van der Waals surface area contributed by atoms with E-state index in [1.807, 2.05) is 18.6 Å². The molecule has 0 unspecified atom stereocenters. The highest BCUT2D eigenvalue weighted by Crippen LogP contribution is 2.16. The Kier molecular flexibility index (Phi) is 4.84. The molecular formula is C11H15FN2O4S. The van der Waals surface area contributed by atoms with E-state index >= 15 is 0 Å². The first-order valence-electron chi connectivity index (χ1n) is 5.51. The number of nitrogens with one attached hydrogen (secondary N) is 2. The zero-order valence-corrected chi connectivity index (χ0v) is 11.3. The van der Waals surface area contributed by atoms with Crippen LogP contribution in [0, 0.1) is 11.7 Å². The Labute approximate surface area is 110 Å². The van der Waals surface area contributed by atoms with Crippen molar-refractivity contribution in [1.82, 2.24) is 4.72 Å². The Bertz CT molecular complexity index is 572. The first-order chi connectivity index (χ1) is 8.71. The van der Waals surface area contributed by atoms with Gasteiger partial charge in [0.1, 0.15) is 5.82 Å². The van der Waals surface area contributed by atoms with Crippen LogP contribution >= 0.6 is 0 Å². The molecule has 0 spiro atoms. The summed E-state index contributed by atoms with van der Waals surface area (Å²) in [6.45, 7) is 3.86. The highest BCUT2D eigenvalue weighted by molar-refractivity contribution is 7.90. The van der Waals surface area contributed by atoms with Crippen LogP contribution in [0.2, 0.25) is 0 Å². The van der Waals surface area contributed by atoms with Gasteiger partial charge in [0, 0.05) is 6.54 Å². The molecular weight excluding hydrogens is 275 g/mol. The molecule has 1 rings (SSSR count). The van der Waals surface area contributed by atoms with Crippen LogP contribution in [0.1, 0.15) is 24.2 Å². The first kappa shape index (κ1) is 15.4. The van der Waals surface area contributed by atoms with Gasteiger partial charge in [-0.15, -0.1) is 0 Å². The minimum absolute atomic E-state index is 0.107. The van der Waals surface area contributed by atoms with E-state index in [1.54, 1.807) is 0 Å². The molecule has 6 nitrogen and oxygen atoms in total. The molecule has 0 aliphatic rings. The predicted molar refractivity (Wildman–Crippen MR) is 68.7 cm³/mol. The monoisotopic (exact) mass is 290 g/mol. The molecule has 0 bridgehead atoms. The summed E-state index contributed by atoms with van der Waals surface area (Å²) in [5.74, 6) is -2.13. The smallest absolute Gasteiger partial charge is 0.335 e. The maximum atomic E-state index is 13.5. The topological polar surface area (TPSA) is 95.5 Å². The third-order valence-corrected chi connectivity index (χ3v) is 3.18. The SMILES string of the molecule is CC(C)CNS(=O)(=O)Nc1ccc(C(=O)O)cc1F. The molecule has 1 aromatic rings. The van der Waals surface area contributed by atoms with E-state index < -0.39 is 22.0 Å². The fourth-order valence-corrected chi connectivity index (χ4v) is 2.27. The van der Waals surface area contributed by atoms with Gasteiger partial charge >= 0.3 is 5.97 Å². The molecule has 8 heteroatoms. The molecule has 0 heterocycles. The van der Waals surface area contributed by atoms with Gasteiger partial charge in [0.25, 0.3) is 10.2 Å². The predicted octanol–water partition coefficient (Wildman–Crippen LogP) is 1.43. The third kappa shape index (κ3) is 4.84. The lowest BCUT2D eigenvalue weighted by Gasteiger charge is -2.11. The molecule has 0 fully saturated rings. The number of rotatable bonds is 6. The number of carbonyl (C=O) groups is 1. The normalized spacial score (nSPS) is 11.6. The zero-order valence-electron chi connectivity index (χ0n) is 10.5. The van der Waals surface area contributed by atoms with Gasteiger partial charge in [0.2, 0.25) is 0 Å². The lowest BCUT2D eigenvalue weighted by molar-refractivity contribution is 0.0696. The van der Waals surface area contributed by atoms with Crippen LogP contribution in [-0.2, 0) is 10.2 Å². The molecule has 106 valence electrons. The minimum atomic E-state index is -3.87. The Morgan fingerprint density at radius 3 is 2.53 bits per heavy atom. The van der Waals surface area contributed by atoms with Gasteiger partial charge < -0.3 is 5.11 Å². The molecule has 0 aromatic heterocycles. The van der Waals surface area contributed by atoms with Crippen molar-refractivity contribution in [3.63, 3.8) is 0 Å². The Morgan fingerprint density at radius 2 is 2.05 bits per heavy atom. The molecule has 0 atom stereocenters. The van der Waals surface area contributed by atoms with E-state index in [9.17, 15) is 17.6 Å². The van der Waals surface area contributed by atoms with Crippen LogP contribution in [0.25, 0.3) is 0 Å². The van der Waals surface area contributed by atoms with E-state index in [0.29, 0.717) is 0 Å². The van der Waals surface area contributed by atoms with Crippen molar-refractivity contribution in [3.05, 3.63) is 29.6 Å².